The normalized spacial score (nSPS) is 10.7. The Morgan fingerprint density at radius 1 is 1.21 bits per heavy atom. The Hall–Kier alpha value is -1.43. The average Bonchev–Trinajstić information content (AvgIpc) is 2.28. The van der Waals surface area contributed by atoms with Gasteiger partial charge in [-0.1, -0.05) is 12.1 Å². The van der Waals surface area contributed by atoms with Crippen LogP contribution < -0.4 is 11.1 Å². The number of alkyl halides is 3. The molecule has 0 aliphatic heterocycles. The Bertz CT molecular complexity index is 393. The summed E-state index contributed by atoms with van der Waals surface area (Å²) in [6.45, 7) is 0.320. The van der Waals surface area contributed by atoms with Crippen LogP contribution in [-0.2, 0) is 11.2 Å². The van der Waals surface area contributed by atoms with Crippen LogP contribution in [-0.4, -0.2) is 18.6 Å². The molecule has 0 radical (unpaired) electrons. The molecule has 19 heavy (non-hydrogen) atoms. The molecule has 108 valence electrons. The number of hydrogen-bond acceptors (Lipinski definition) is 2. The van der Waals surface area contributed by atoms with Gasteiger partial charge in [0.25, 0.3) is 0 Å². The first-order valence-corrected chi connectivity index (χ1v) is 5.55. The topological polar surface area (TPSA) is 55.1 Å². The van der Waals surface area contributed by atoms with Gasteiger partial charge in [-0.05, 0) is 24.1 Å². The average molecular weight is 297 g/mol. The second-order valence-electron chi connectivity index (χ2n) is 3.96. The van der Waals surface area contributed by atoms with Crippen LogP contribution >= 0.6 is 12.4 Å². The van der Waals surface area contributed by atoms with Crippen molar-refractivity contribution >= 4 is 24.0 Å². The fraction of sp³-hybridized carbons (Fsp3) is 0.417. The van der Waals surface area contributed by atoms with Crippen molar-refractivity contribution in [3.05, 3.63) is 29.8 Å². The van der Waals surface area contributed by atoms with Crippen LogP contribution in [0.15, 0.2) is 24.3 Å². The highest BCUT2D eigenvalue weighted by Crippen LogP contribution is 2.20. The molecule has 0 aliphatic carbocycles. The van der Waals surface area contributed by atoms with Gasteiger partial charge in [0.05, 0.1) is 6.42 Å². The van der Waals surface area contributed by atoms with E-state index in [4.69, 9.17) is 5.73 Å². The largest absolute Gasteiger partial charge is 0.399 e. The maximum absolute atomic E-state index is 11.8. The number of nitrogen functional groups attached to an aromatic ring is 1. The minimum absolute atomic E-state index is 0. The molecule has 0 saturated heterocycles. The highest BCUT2D eigenvalue weighted by Gasteiger charge is 2.27. The molecule has 3 N–H and O–H groups in total. The lowest BCUT2D eigenvalue weighted by molar-refractivity contribution is -0.144. The number of carbonyl (C=O) groups is 1. The van der Waals surface area contributed by atoms with Gasteiger partial charge in [0.2, 0.25) is 5.91 Å². The van der Waals surface area contributed by atoms with E-state index in [0.717, 1.165) is 5.56 Å². The van der Waals surface area contributed by atoms with E-state index >= 15 is 0 Å². The van der Waals surface area contributed by atoms with Crippen molar-refractivity contribution in [3.8, 4) is 0 Å². The number of nitrogens with two attached hydrogens (primary N) is 1. The molecule has 0 spiro atoms. The Morgan fingerprint density at radius 2 is 1.79 bits per heavy atom. The van der Waals surface area contributed by atoms with Crippen LogP contribution in [0, 0.1) is 0 Å². The number of benzene rings is 1. The molecule has 1 aromatic rings. The van der Waals surface area contributed by atoms with E-state index in [1.807, 2.05) is 12.1 Å². The molecule has 0 unspecified atom stereocenters. The second kappa shape index (κ2) is 7.89. The fourth-order valence-electron chi connectivity index (χ4n) is 1.37. The molecule has 7 heteroatoms. The van der Waals surface area contributed by atoms with Crippen LogP contribution in [0.3, 0.4) is 0 Å². The Balaban J connectivity index is 0.00000324. The van der Waals surface area contributed by atoms with Gasteiger partial charge in [0, 0.05) is 18.7 Å². The smallest absolute Gasteiger partial charge is 0.389 e. The Kier molecular flexibility index (Phi) is 7.29. The zero-order valence-electron chi connectivity index (χ0n) is 10.2. The molecule has 0 bridgehead atoms. The summed E-state index contributed by atoms with van der Waals surface area (Å²) in [6, 6.07) is 7.11. The highest BCUT2D eigenvalue weighted by molar-refractivity contribution is 5.85. The van der Waals surface area contributed by atoms with E-state index in [-0.39, 0.29) is 12.4 Å². The van der Waals surface area contributed by atoms with Crippen LogP contribution in [0.2, 0.25) is 0 Å². The van der Waals surface area contributed by atoms with Crippen molar-refractivity contribution in [2.45, 2.75) is 25.4 Å². The molecule has 1 rings (SSSR count). The van der Waals surface area contributed by atoms with Gasteiger partial charge in [0.15, 0.2) is 0 Å². The number of rotatable bonds is 5. The van der Waals surface area contributed by atoms with Gasteiger partial charge >= 0.3 is 6.18 Å². The van der Waals surface area contributed by atoms with Crippen molar-refractivity contribution in [3.63, 3.8) is 0 Å². The number of hydrogen-bond donors (Lipinski definition) is 2. The monoisotopic (exact) mass is 296 g/mol. The third kappa shape index (κ3) is 8.31. The number of carbonyl (C=O) groups excluding carboxylic acids is 1. The molecule has 1 aromatic carbocycles. The molecule has 1 amide bonds. The summed E-state index contributed by atoms with van der Waals surface area (Å²) in [6.07, 6.45) is -5.32. The maximum Gasteiger partial charge on any atom is 0.389 e. The minimum atomic E-state index is -4.28. The molecule has 0 aromatic heterocycles. The van der Waals surface area contributed by atoms with Crippen molar-refractivity contribution in [2.75, 3.05) is 12.3 Å². The van der Waals surface area contributed by atoms with Crippen LogP contribution in [0.5, 0.6) is 0 Å². The number of anilines is 1. The summed E-state index contributed by atoms with van der Waals surface area (Å²) in [4.78, 5) is 11.1. The predicted octanol–water partition coefficient (Wildman–Crippen LogP) is 2.69. The summed E-state index contributed by atoms with van der Waals surface area (Å²) < 4.78 is 35.5. The standard InChI is InChI=1S/C12H15F3N2O.ClH/c13-12(14,15)7-5-11(18)17-8-6-9-1-3-10(16)4-2-9;/h1-4H,5-8,16H2,(H,17,18);1H. The van der Waals surface area contributed by atoms with E-state index in [1.54, 1.807) is 12.1 Å². The van der Waals surface area contributed by atoms with Crippen LogP contribution in [0.1, 0.15) is 18.4 Å². The zero-order chi connectivity index (χ0) is 13.6. The first-order chi connectivity index (χ1) is 8.37. The Labute approximate surface area is 115 Å². The van der Waals surface area contributed by atoms with Gasteiger partial charge in [-0.2, -0.15) is 13.2 Å². The van der Waals surface area contributed by atoms with Gasteiger partial charge in [-0.3, -0.25) is 4.79 Å². The molecule has 0 heterocycles. The van der Waals surface area contributed by atoms with Gasteiger partial charge < -0.3 is 11.1 Å². The van der Waals surface area contributed by atoms with Crippen molar-refractivity contribution < 1.29 is 18.0 Å². The summed E-state index contributed by atoms with van der Waals surface area (Å²) in [5, 5.41) is 2.45. The van der Waals surface area contributed by atoms with Crippen LogP contribution in [0.4, 0.5) is 18.9 Å². The van der Waals surface area contributed by atoms with Crippen LogP contribution in [0.25, 0.3) is 0 Å². The maximum atomic E-state index is 11.8. The van der Waals surface area contributed by atoms with Gasteiger partial charge in [-0.25, -0.2) is 0 Å². The lowest BCUT2D eigenvalue weighted by atomic mass is 10.1. The third-order valence-corrected chi connectivity index (χ3v) is 2.35. The van der Waals surface area contributed by atoms with E-state index in [2.05, 4.69) is 5.32 Å². The highest BCUT2D eigenvalue weighted by atomic mass is 35.5. The predicted molar refractivity (Wildman–Crippen MR) is 70.1 cm³/mol. The fourth-order valence-corrected chi connectivity index (χ4v) is 1.37. The second-order valence-corrected chi connectivity index (χ2v) is 3.96. The van der Waals surface area contributed by atoms with Gasteiger partial charge in [-0.15, -0.1) is 12.4 Å². The summed E-state index contributed by atoms with van der Waals surface area (Å²) >= 11 is 0. The minimum Gasteiger partial charge on any atom is -0.399 e. The van der Waals surface area contributed by atoms with E-state index in [1.165, 1.54) is 0 Å². The molecule has 0 saturated carbocycles. The quantitative estimate of drug-likeness (QED) is 0.821. The lowest BCUT2D eigenvalue weighted by Gasteiger charge is -2.07. The first-order valence-electron chi connectivity index (χ1n) is 5.55. The molecular formula is C12H16ClF3N2O. The third-order valence-electron chi connectivity index (χ3n) is 2.35. The molecule has 3 nitrogen and oxygen atoms in total. The number of amides is 1. The number of nitrogens with one attached hydrogen (secondary N) is 1. The summed E-state index contributed by atoms with van der Waals surface area (Å²) in [5.74, 6) is -0.581. The van der Waals surface area contributed by atoms with Crippen molar-refractivity contribution in [2.24, 2.45) is 0 Å². The SMILES string of the molecule is Cl.Nc1ccc(CCNC(=O)CCC(F)(F)F)cc1. The summed E-state index contributed by atoms with van der Waals surface area (Å²) in [7, 11) is 0. The Morgan fingerprint density at radius 3 is 2.32 bits per heavy atom. The van der Waals surface area contributed by atoms with Gasteiger partial charge in [0.1, 0.15) is 0 Å². The molecular weight excluding hydrogens is 281 g/mol. The molecule has 0 atom stereocenters. The molecule has 0 fully saturated rings. The van der Waals surface area contributed by atoms with E-state index < -0.39 is 24.9 Å². The van der Waals surface area contributed by atoms with E-state index in [0.29, 0.717) is 18.7 Å². The van der Waals surface area contributed by atoms with E-state index in [9.17, 15) is 18.0 Å². The molecule has 0 aliphatic rings. The lowest BCUT2D eigenvalue weighted by Crippen LogP contribution is -2.26. The number of halogens is 4. The summed E-state index contributed by atoms with van der Waals surface area (Å²) in [5.41, 5.74) is 7.13. The zero-order valence-corrected chi connectivity index (χ0v) is 11.0. The van der Waals surface area contributed by atoms with Crippen molar-refractivity contribution in [1.29, 1.82) is 0 Å². The van der Waals surface area contributed by atoms with Crippen molar-refractivity contribution in [1.82, 2.24) is 5.32 Å². The first kappa shape index (κ1) is 17.6.